The van der Waals surface area contributed by atoms with Crippen molar-refractivity contribution < 1.29 is 39.2 Å². The number of carbonyl (C=O) groups is 1. The van der Waals surface area contributed by atoms with Crippen LogP contribution in [-0.4, -0.2) is 77.5 Å². The van der Waals surface area contributed by atoms with Crippen LogP contribution in [0.25, 0.3) is 11.2 Å². The van der Waals surface area contributed by atoms with Gasteiger partial charge in [0.05, 0.1) is 18.6 Å². The zero-order chi connectivity index (χ0) is 31.0. The minimum Gasteiger partial charge on any atom is -0.479 e. The number of fused-ring (bicyclic) bond motifs is 1. The minimum atomic E-state index is -2.18. The van der Waals surface area contributed by atoms with E-state index in [1.807, 2.05) is 36.4 Å². The predicted molar refractivity (Wildman–Crippen MR) is 150 cm³/mol. The number of nitrogens with zero attached hydrogens (tertiary/aromatic N) is 4. The van der Waals surface area contributed by atoms with Crippen molar-refractivity contribution in [3.63, 3.8) is 0 Å². The molecule has 12 nitrogen and oxygen atoms in total. The molecule has 5 atom stereocenters. The molecule has 3 N–H and O–H groups in total. The number of imidazole rings is 1. The Morgan fingerprint density at radius 1 is 1.09 bits per heavy atom. The highest BCUT2D eigenvalue weighted by Crippen LogP contribution is 2.39. The number of halogens is 1. The van der Waals surface area contributed by atoms with Crippen LogP contribution in [0.4, 0.5) is 0 Å². The van der Waals surface area contributed by atoms with E-state index in [9.17, 15) is 20.1 Å². The number of carboxylic acids is 1. The number of carboxylic acid groups (broad SMARTS) is 1. The molecule has 2 aromatic heterocycles. The van der Waals surface area contributed by atoms with Crippen molar-refractivity contribution in [3.05, 3.63) is 89.1 Å². The summed E-state index contributed by atoms with van der Waals surface area (Å²) in [6, 6.07) is 18.9. The molecule has 0 aliphatic carbocycles. The number of terminal acetylenes is 1. The van der Waals surface area contributed by atoms with Crippen molar-refractivity contribution >= 4 is 34.9 Å². The topological polar surface area (TPSA) is 174 Å². The average Bonchev–Trinajstić information content (AvgIpc) is 3.53. The Bertz CT molecular complexity index is 1620. The fraction of sp³-hybridized carbons (Fsp3) is 0.300. The van der Waals surface area contributed by atoms with Crippen molar-refractivity contribution in [1.82, 2.24) is 19.5 Å². The van der Waals surface area contributed by atoms with Crippen LogP contribution >= 0.6 is 11.6 Å². The molecule has 0 radical (unpaired) electrons. The van der Waals surface area contributed by atoms with Gasteiger partial charge in [0.1, 0.15) is 17.7 Å². The van der Waals surface area contributed by atoms with E-state index in [0.29, 0.717) is 29.7 Å². The summed E-state index contributed by atoms with van der Waals surface area (Å²) in [5.74, 6) is 1.02. The lowest BCUT2D eigenvalue weighted by atomic mass is 9.93. The van der Waals surface area contributed by atoms with Gasteiger partial charge in [0.15, 0.2) is 23.6 Å². The molecule has 1 aliphatic heterocycles. The van der Waals surface area contributed by atoms with Gasteiger partial charge >= 0.3 is 12.1 Å². The maximum Gasteiger partial charge on any atom is 0.373 e. The Balaban J connectivity index is 0.00000135. The number of benzene rings is 2. The minimum absolute atomic E-state index is 0.0119. The van der Waals surface area contributed by atoms with E-state index >= 15 is 0 Å². The summed E-state index contributed by atoms with van der Waals surface area (Å²) in [5.41, 5.74) is 1.08. The molecular weight excluding hydrogens is 580 g/mol. The lowest BCUT2D eigenvalue weighted by Crippen LogP contribution is -2.48. The van der Waals surface area contributed by atoms with Gasteiger partial charge in [-0.15, -0.1) is 6.42 Å². The highest BCUT2D eigenvalue weighted by molar-refractivity contribution is 6.28. The number of carbonyl (C=O) groups excluding carboxylic acids is 2. The summed E-state index contributed by atoms with van der Waals surface area (Å²) in [5, 5.41) is 32.0. The maximum atomic E-state index is 11.9. The highest BCUT2D eigenvalue weighted by atomic mass is 35.5. The van der Waals surface area contributed by atoms with E-state index in [2.05, 4.69) is 20.9 Å². The fourth-order valence-electron chi connectivity index (χ4n) is 4.78. The molecule has 0 spiro atoms. The lowest BCUT2D eigenvalue weighted by molar-refractivity contribution is -0.191. The summed E-state index contributed by atoms with van der Waals surface area (Å²) in [4.78, 5) is 41.2. The third-order valence-electron chi connectivity index (χ3n) is 6.97. The molecule has 0 saturated carbocycles. The first-order valence-corrected chi connectivity index (χ1v) is 13.4. The summed E-state index contributed by atoms with van der Waals surface area (Å²) in [7, 11) is 0. The number of ether oxygens (including phenoxy) is 2. The highest BCUT2D eigenvalue weighted by Gasteiger charge is 2.56. The Labute approximate surface area is 250 Å². The Hall–Kier alpha value is -4.47. The van der Waals surface area contributed by atoms with Gasteiger partial charge in [0.2, 0.25) is 5.28 Å². The predicted octanol–water partition coefficient (Wildman–Crippen LogP) is 2.02. The van der Waals surface area contributed by atoms with E-state index < -0.39 is 36.1 Å². The van der Waals surface area contributed by atoms with Gasteiger partial charge in [-0.1, -0.05) is 66.6 Å². The summed E-state index contributed by atoms with van der Waals surface area (Å²) in [6.45, 7) is -0.386. The SMILES string of the molecule is C#C[C@@]1(O)[C@@H](COC(Cc2ccccc2)C(=O)O)O[C@@H](n2cnc3c(CCc4ccccc4)nc(Cl)nc32)[C@@H]1O.O=C=O. The maximum absolute atomic E-state index is 11.9. The molecular formula is C30H27ClN4O8. The van der Waals surface area contributed by atoms with E-state index in [-0.39, 0.29) is 24.5 Å². The number of aliphatic hydroxyl groups is 2. The Morgan fingerprint density at radius 2 is 1.72 bits per heavy atom. The molecule has 1 saturated heterocycles. The van der Waals surface area contributed by atoms with Crippen molar-refractivity contribution in [2.45, 2.75) is 49.4 Å². The van der Waals surface area contributed by atoms with Gasteiger partial charge in [-0.05, 0) is 35.6 Å². The van der Waals surface area contributed by atoms with Crippen molar-refractivity contribution in [2.24, 2.45) is 0 Å². The number of aliphatic hydroxyl groups excluding tert-OH is 1. The van der Waals surface area contributed by atoms with E-state index in [1.54, 1.807) is 24.3 Å². The van der Waals surface area contributed by atoms with Crippen LogP contribution in [0.3, 0.4) is 0 Å². The molecule has 5 rings (SSSR count). The Morgan fingerprint density at radius 3 is 2.33 bits per heavy atom. The molecule has 1 fully saturated rings. The van der Waals surface area contributed by atoms with Gasteiger partial charge < -0.3 is 24.8 Å². The molecule has 0 amide bonds. The molecule has 1 unspecified atom stereocenters. The molecule has 3 heterocycles. The van der Waals surface area contributed by atoms with Crippen molar-refractivity contribution in [3.8, 4) is 12.3 Å². The number of hydrogen-bond donors (Lipinski definition) is 3. The van der Waals surface area contributed by atoms with Crippen LogP contribution in [0, 0.1) is 12.3 Å². The third kappa shape index (κ3) is 7.13. The first-order valence-electron chi connectivity index (χ1n) is 13.1. The summed E-state index contributed by atoms with van der Waals surface area (Å²) >= 11 is 6.25. The number of rotatable bonds is 10. The van der Waals surface area contributed by atoms with Gasteiger partial charge in [-0.2, -0.15) is 14.6 Å². The van der Waals surface area contributed by atoms with Gasteiger partial charge in [-0.25, -0.2) is 14.8 Å². The van der Waals surface area contributed by atoms with E-state index in [1.165, 1.54) is 10.9 Å². The first-order chi connectivity index (χ1) is 20.7. The second-order valence-corrected chi connectivity index (χ2v) is 9.95. The summed E-state index contributed by atoms with van der Waals surface area (Å²) < 4.78 is 13.1. The fourth-order valence-corrected chi connectivity index (χ4v) is 4.96. The van der Waals surface area contributed by atoms with Crippen LogP contribution in [0.2, 0.25) is 5.28 Å². The van der Waals surface area contributed by atoms with Crippen molar-refractivity contribution in [2.75, 3.05) is 6.61 Å². The second kappa shape index (κ2) is 14.1. The van der Waals surface area contributed by atoms with Gasteiger partial charge in [0, 0.05) is 6.42 Å². The second-order valence-electron chi connectivity index (χ2n) is 9.61. The van der Waals surface area contributed by atoms with E-state index in [0.717, 1.165) is 11.1 Å². The van der Waals surface area contributed by atoms with Gasteiger partial charge in [-0.3, -0.25) is 4.57 Å². The van der Waals surface area contributed by atoms with Crippen LogP contribution < -0.4 is 0 Å². The van der Waals surface area contributed by atoms with Crippen LogP contribution in [-0.2, 0) is 43.1 Å². The zero-order valence-corrected chi connectivity index (χ0v) is 23.4. The molecule has 13 heteroatoms. The third-order valence-corrected chi connectivity index (χ3v) is 7.14. The average molecular weight is 607 g/mol. The van der Waals surface area contributed by atoms with Crippen molar-refractivity contribution in [1.29, 1.82) is 0 Å². The number of aromatic nitrogens is 4. The van der Waals surface area contributed by atoms with Crippen LogP contribution in [0.5, 0.6) is 0 Å². The van der Waals surface area contributed by atoms with E-state index in [4.69, 9.17) is 37.1 Å². The van der Waals surface area contributed by atoms with Crippen LogP contribution in [0.15, 0.2) is 67.0 Å². The molecule has 1 aliphatic rings. The zero-order valence-electron chi connectivity index (χ0n) is 22.6. The molecule has 2 aromatic carbocycles. The molecule has 43 heavy (non-hydrogen) atoms. The smallest absolute Gasteiger partial charge is 0.373 e. The molecule has 0 bridgehead atoms. The Kier molecular flexibility index (Phi) is 10.3. The molecule has 222 valence electrons. The first kappa shape index (κ1) is 31.5. The number of aliphatic carboxylic acids is 1. The molecule has 4 aromatic rings. The van der Waals surface area contributed by atoms with Gasteiger partial charge in [0.25, 0.3) is 0 Å². The number of hydrogen-bond acceptors (Lipinski definition) is 10. The van der Waals surface area contributed by atoms with Crippen LogP contribution in [0.1, 0.15) is 23.0 Å². The normalized spacial score (nSPS) is 21.8. The summed E-state index contributed by atoms with van der Waals surface area (Å²) in [6.07, 6.45) is 3.33. The lowest BCUT2D eigenvalue weighted by Gasteiger charge is -2.26. The largest absolute Gasteiger partial charge is 0.479 e. The standard InChI is InChI=1S/C29H27ClN4O6.CO2/c1-2-29(38)22(16-39-21(27(36)37)15-19-11-7-4-8-12-19)40-26(24(29)35)34-17-31-23-20(32-28(30)33-25(23)34)14-13-18-9-5-3-6-10-18;2-1-3/h1,3-12,17,21-22,24,26,35,38H,13-16H2,(H,36,37);/t21?,22-,24+,26-,29-;/m1./s1. The quantitative estimate of drug-likeness (QED) is 0.178. The monoisotopic (exact) mass is 606 g/mol. The number of aryl methyl sites for hydroxylation is 2.